The van der Waals surface area contributed by atoms with E-state index in [0.29, 0.717) is 13.2 Å². The third-order valence-electron chi connectivity index (χ3n) is 1.70. The quantitative estimate of drug-likeness (QED) is 0.720. The minimum atomic E-state index is 0.261. The van der Waals surface area contributed by atoms with E-state index in [2.05, 4.69) is 0 Å². The molecule has 0 unspecified atom stereocenters. The molecule has 0 bridgehead atoms. The number of methoxy groups -OCH3 is 1. The standard InChI is InChI=1S/C10H14O3/c1-8-7-9(11)3-4-10(8)13-6-5-12-2/h3-4,7,11H,5-6H2,1-2H3. The Morgan fingerprint density at radius 3 is 2.69 bits per heavy atom. The molecule has 0 radical (unpaired) electrons. The zero-order chi connectivity index (χ0) is 9.68. The first kappa shape index (κ1) is 9.86. The highest BCUT2D eigenvalue weighted by Gasteiger charge is 1.99. The first-order valence-electron chi connectivity index (χ1n) is 4.15. The predicted octanol–water partition coefficient (Wildman–Crippen LogP) is 1.73. The van der Waals surface area contributed by atoms with Gasteiger partial charge in [-0.15, -0.1) is 0 Å². The van der Waals surface area contributed by atoms with E-state index < -0.39 is 0 Å². The Hall–Kier alpha value is -1.22. The van der Waals surface area contributed by atoms with Crippen LogP contribution in [0, 0.1) is 6.92 Å². The van der Waals surface area contributed by atoms with Crippen LogP contribution in [0.5, 0.6) is 11.5 Å². The maximum Gasteiger partial charge on any atom is 0.122 e. The van der Waals surface area contributed by atoms with Gasteiger partial charge in [-0.25, -0.2) is 0 Å². The summed E-state index contributed by atoms with van der Waals surface area (Å²) in [6.45, 7) is 2.99. The van der Waals surface area contributed by atoms with Crippen LogP contribution in [0.1, 0.15) is 5.56 Å². The van der Waals surface area contributed by atoms with Gasteiger partial charge in [-0.05, 0) is 30.7 Å². The summed E-state index contributed by atoms with van der Waals surface area (Å²) in [6, 6.07) is 5.03. The molecule has 0 fully saturated rings. The summed E-state index contributed by atoms with van der Waals surface area (Å²) in [5, 5.41) is 9.13. The lowest BCUT2D eigenvalue weighted by Crippen LogP contribution is -2.04. The monoisotopic (exact) mass is 182 g/mol. The molecule has 0 heterocycles. The second-order valence-electron chi connectivity index (χ2n) is 2.79. The molecule has 1 aromatic carbocycles. The number of phenols is 1. The summed E-state index contributed by atoms with van der Waals surface area (Å²) in [5.74, 6) is 1.05. The molecule has 0 spiro atoms. The lowest BCUT2D eigenvalue weighted by Gasteiger charge is -2.08. The molecule has 0 saturated heterocycles. The third-order valence-corrected chi connectivity index (χ3v) is 1.70. The lowest BCUT2D eigenvalue weighted by atomic mass is 10.2. The fourth-order valence-electron chi connectivity index (χ4n) is 1.03. The molecular formula is C10H14O3. The molecule has 3 heteroatoms. The van der Waals surface area contributed by atoms with Gasteiger partial charge in [-0.1, -0.05) is 0 Å². The van der Waals surface area contributed by atoms with Crippen molar-refractivity contribution in [2.75, 3.05) is 20.3 Å². The molecule has 0 aromatic heterocycles. The SMILES string of the molecule is COCCOc1ccc(O)cc1C. The van der Waals surface area contributed by atoms with Gasteiger partial charge in [0.2, 0.25) is 0 Å². The third kappa shape index (κ3) is 2.95. The Morgan fingerprint density at radius 1 is 1.31 bits per heavy atom. The minimum absolute atomic E-state index is 0.261. The van der Waals surface area contributed by atoms with Gasteiger partial charge in [0, 0.05) is 7.11 Å². The molecule has 1 rings (SSSR count). The first-order chi connectivity index (χ1) is 6.24. The van der Waals surface area contributed by atoms with E-state index in [9.17, 15) is 0 Å². The maximum atomic E-state index is 9.13. The van der Waals surface area contributed by atoms with Crippen LogP contribution in [0.15, 0.2) is 18.2 Å². The topological polar surface area (TPSA) is 38.7 Å². The highest BCUT2D eigenvalue weighted by molar-refractivity contribution is 5.38. The van der Waals surface area contributed by atoms with Crippen molar-refractivity contribution in [1.29, 1.82) is 0 Å². The van der Waals surface area contributed by atoms with Gasteiger partial charge in [0.1, 0.15) is 18.1 Å². The zero-order valence-electron chi connectivity index (χ0n) is 7.91. The largest absolute Gasteiger partial charge is 0.508 e. The van der Waals surface area contributed by atoms with Crippen molar-refractivity contribution in [3.05, 3.63) is 23.8 Å². The number of hydrogen-bond acceptors (Lipinski definition) is 3. The number of ether oxygens (including phenoxy) is 2. The highest BCUT2D eigenvalue weighted by atomic mass is 16.5. The summed E-state index contributed by atoms with van der Waals surface area (Å²) in [7, 11) is 1.63. The summed E-state index contributed by atoms with van der Waals surface area (Å²) in [5.41, 5.74) is 0.927. The normalized spacial score (nSPS) is 10.0. The summed E-state index contributed by atoms with van der Waals surface area (Å²) in [6.07, 6.45) is 0. The van der Waals surface area contributed by atoms with E-state index in [0.717, 1.165) is 11.3 Å². The Labute approximate surface area is 77.9 Å². The fraction of sp³-hybridized carbons (Fsp3) is 0.400. The average molecular weight is 182 g/mol. The number of aromatic hydroxyl groups is 1. The number of benzene rings is 1. The number of aryl methyl sites for hydroxylation is 1. The molecule has 0 saturated carbocycles. The van der Waals surface area contributed by atoms with Crippen LogP contribution in [0.2, 0.25) is 0 Å². The number of rotatable bonds is 4. The molecule has 0 aliphatic rings. The van der Waals surface area contributed by atoms with E-state index in [1.807, 2.05) is 6.92 Å². The van der Waals surface area contributed by atoms with E-state index in [-0.39, 0.29) is 5.75 Å². The van der Waals surface area contributed by atoms with Crippen molar-refractivity contribution in [2.24, 2.45) is 0 Å². The second kappa shape index (κ2) is 4.72. The molecular weight excluding hydrogens is 168 g/mol. The van der Waals surface area contributed by atoms with E-state index in [1.54, 1.807) is 25.3 Å². The van der Waals surface area contributed by atoms with E-state index >= 15 is 0 Å². The maximum absolute atomic E-state index is 9.13. The first-order valence-corrected chi connectivity index (χ1v) is 4.15. The summed E-state index contributed by atoms with van der Waals surface area (Å²) >= 11 is 0. The van der Waals surface area contributed by atoms with Crippen LogP contribution in [0.4, 0.5) is 0 Å². The Balaban J connectivity index is 2.56. The van der Waals surface area contributed by atoms with Gasteiger partial charge < -0.3 is 14.6 Å². The molecule has 0 aliphatic carbocycles. The minimum Gasteiger partial charge on any atom is -0.508 e. The van der Waals surface area contributed by atoms with Crippen LogP contribution in [-0.2, 0) is 4.74 Å². The molecule has 1 aromatic rings. The molecule has 0 aliphatic heterocycles. The van der Waals surface area contributed by atoms with Crippen LogP contribution in [0.3, 0.4) is 0 Å². The molecule has 0 amide bonds. The number of phenolic OH excluding ortho intramolecular Hbond substituents is 1. The Kier molecular flexibility index (Phi) is 3.58. The molecule has 0 atom stereocenters. The summed E-state index contributed by atoms with van der Waals surface area (Å²) < 4.78 is 10.2. The lowest BCUT2D eigenvalue weighted by molar-refractivity contribution is 0.146. The van der Waals surface area contributed by atoms with Crippen LogP contribution >= 0.6 is 0 Å². The van der Waals surface area contributed by atoms with Gasteiger partial charge in [0.15, 0.2) is 0 Å². The van der Waals surface area contributed by atoms with Crippen molar-refractivity contribution >= 4 is 0 Å². The van der Waals surface area contributed by atoms with Gasteiger partial charge in [0.25, 0.3) is 0 Å². The highest BCUT2D eigenvalue weighted by Crippen LogP contribution is 2.21. The predicted molar refractivity (Wildman–Crippen MR) is 50.2 cm³/mol. The van der Waals surface area contributed by atoms with Crippen molar-refractivity contribution in [2.45, 2.75) is 6.92 Å². The van der Waals surface area contributed by atoms with Crippen molar-refractivity contribution in [1.82, 2.24) is 0 Å². The molecule has 1 N–H and O–H groups in total. The molecule has 72 valence electrons. The second-order valence-corrected chi connectivity index (χ2v) is 2.79. The van der Waals surface area contributed by atoms with Crippen molar-refractivity contribution in [3.63, 3.8) is 0 Å². The van der Waals surface area contributed by atoms with Gasteiger partial charge >= 0.3 is 0 Å². The van der Waals surface area contributed by atoms with Gasteiger partial charge in [-0.2, -0.15) is 0 Å². The summed E-state index contributed by atoms with van der Waals surface area (Å²) in [4.78, 5) is 0. The average Bonchev–Trinajstić information content (AvgIpc) is 2.09. The van der Waals surface area contributed by atoms with E-state index in [4.69, 9.17) is 14.6 Å². The van der Waals surface area contributed by atoms with Crippen molar-refractivity contribution in [3.8, 4) is 11.5 Å². The molecule has 13 heavy (non-hydrogen) atoms. The van der Waals surface area contributed by atoms with Crippen LogP contribution in [0.25, 0.3) is 0 Å². The number of hydrogen-bond donors (Lipinski definition) is 1. The van der Waals surface area contributed by atoms with E-state index in [1.165, 1.54) is 0 Å². The van der Waals surface area contributed by atoms with Crippen LogP contribution < -0.4 is 4.74 Å². The van der Waals surface area contributed by atoms with Gasteiger partial charge in [-0.3, -0.25) is 0 Å². The van der Waals surface area contributed by atoms with Crippen LogP contribution in [-0.4, -0.2) is 25.4 Å². The smallest absolute Gasteiger partial charge is 0.122 e. The molecule has 3 nitrogen and oxygen atoms in total. The zero-order valence-corrected chi connectivity index (χ0v) is 7.91. The Morgan fingerprint density at radius 2 is 2.08 bits per heavy atom. The Bertz CT molecular complexity index is 271. The fourth-order valence-corrected chi connectivity index (χ4v) is 1.03. The van der Waals surface area contributed by atoms with Gasteiger partial charge in [0.05, 0.1) is 6.61 Å². The van der Waals surface area contributed by atoms with Crippen molar-refractivity contribution < 1.29 is 14.6 Å².